The predicted molar refractivity (Wildman–Crippen MR) is 122 cm³/mol. The van der Waals surface area contributed by atoms with Crippen LogP contribution in [0.4, 0.5) is 16.4 Å². The summed E-state index contributed by atoms with van der Waals surface area (Å²) in [6.07, 6.45) is 9.15. The molecule has 1 atom stereocenters. The van der Waals surface area contributed by atoms with Crippen molar-refractivity contribution in [2.45, 2.75) is 18.9 Å². The fraction of sp³-hybridized carbons (Fsp3) is 0.238. The maximum atomic E-state index is 13.0. The molecule has 5 rings (SSSR count). The average Bonchev–Trinajstić information content (AvgIpc) is 3.37. The number of rotatable bonds is 4. The predicted octanol–water partition coefficient (Wildman–Crippen LogP) is 2.61. The summed E-state index contributed by atoms with van der Waals surface area (Å²) in [6.45, 7) is 1.63. The fourth-order valence-corrected chi connectivity index (χ4v) is 4.59. The van der Waals surface area contributed by atoms with E-state index in [-0.39, 0.29) is 17.6 Å². The molecule has 4 aromatic rings. The zero-order chi connectivity index (χ0) is 21.4. The number of nitrogens with two attached hydrogens (primary N) is 2. The topological polar surface area (TPSA) is 127 Å². The minimum absolute atomic E-state index is 0.118. The Labute approximate surface area is 182 Å². The standard InChI is InChI=1S/C21H22N8OS/c22-13-4-3-9-28(11-13)16-6-7-24-10-14(16)26-20(30)18-19(23)31-21(27-18)15-12-29-8-2-1-5-17(29)25-15/h1-2,5-8,10,12-13H,3-4,9,11,22-23H2,(H,26,30). The Bertz CT molecular complexity index is 1220. The number of pyridine rings is 2. The number of fused-ring (bicyclic) bond motifs is 1. The zero-order valence-electron chi connectivity index (χ0n) is 16.7. The van der Waals surface area contributed by atoms with Gasteiger partial charge in [-0.1, -0.05) is 17.4 Å². The summed E-state index contributed by atoms with van der Waals surface area (Å²) in [4.78, 5) is 28.4. The van der Waals surface area contributed by atoms with E-state index in [4.69, 9.17) is 11.5 Å². The number of piperidine rings is 1. The number of nitrogens with one attached hydrogen (secondary N) is 1. The third-order valence-electron chi connectivity index (χ3n) is 5.30. The highest BCUT2D eigenvalue weighted by atomic mass is 32.1. The molecule has 0 bridgehead atoms. The maximum absolute atomic E-state index is 13.0. The summed E-state index contributed by atoms with van der Waals surface area (Å²) in [6, 6.07) is 7.76. The molecule has 1 aliphatic heterocycles. The summed E-state index contributed by atoms with van der Waals surface area (Å²) in [5, 5.41) is 3.87. The van der Waals surface area contributed by atoms with Gasteiger partial charge in [0, 0.05) is 37.7 Å². The van der Waals surface area contributed by atoms with E-state index in [1.165, 1.54) is 11.3 Å². The van der Waals surface area contributed by atoms with Crippen LogP contribution in [0.2, 0.25) is 0 Å². The summed E-state index contributed by atoms with van der Waals surface area (Å²) in [5.74, 6) is -0.376. The van der Waals surface area contributed by atoms with E-state index in [2.05, 4.69) is 25.2 Å². The lowest BCUT2D eigenvalue weighted by atomic mass is 10.1. The second-order valence-corrected chi connectivity index (χ2v) is 8.55. The third kappa shape index (κ3) is 3.82. The number of hydrogen-bond donors (Lipinski definition) is 3. The van der Waals surface area contributed by atoms with E-state index in [0.717, 1.165) is 37.3 Å². The lowest BCUT2D eigenvalue weighted by molar-refractivity contribution is 0.102. The average molecular weight is 435 g/mol. The molecule has 0 radical (unpaired) electrons. The van der Waals surface area contributed by atoms with E-state index in [1.54, 1.807) is 12.4 Å². The molecular formula is C21H22N8OS. The van der Waals surface area contributed by atoms with Crippen LogP contribution in [0.3, 0.4) is 0 Å². The number of carbonyl (C=O) groups is 1. The van der Waals surface area contributed by atoms with Crippen LogP contribution in [0.5, 0.6) is 0 Å². The number of anilines is 3. The smallest absolute Gasteiger partial charge is 0.277 e. The molecule has 158 valence electrons. The van der Waals surface area contributed by atoms with Crippen molar-refractivity contribution in [2.75, 3.05) is 29.0 Å². The Hall–Kier alpha value is -3.50. The first-order valence-corrected chi connectivity index (χ1v) is 10.9. The van der Waals surface area contributed by atoms with Gasteiger partial charge in [-0.05, 0) is 31.0 Å². The summed E-state index contributed by atoms with van der Waals surface area (Å²) < 4.78 is 1.90. The molecular weight excluding hydrogens is 412 g/mol. The van der Waals surface area contributed by atoms with Crippen LogP contribution in [0.25, 0.3) is 16.3 Å². The molecule has 0 aliphatic carbocycles. The third-order valence-corrected chi connectivity index (χ3v) is 6.20. The van der Waals surface area contributed by atoms with Crippen molar-refractivity contribution < 1.29 is 4.79 Å². The van der Waals surface area contributed by atoms with Crippen LogP contribution in [-0.2, 0) is 0 Å². The quantitative estimate of drug-likeness (QED) is 0.450. The van der Waals surface area contributed by atoms with Gasteiger partial charge in [0.1, 0.15) is 21.3 Å². The Morgan fingerprint density at radius 1 is 1.26 bits per heavy atom. The van der Waals surface area contributed by atoms with Crippen molar-refractivity contribution in [3.63, 3.8) is 0 Å². The molecule has 1 fully saturated rings. The SMILES string of the molecule is Nc1sc(-c2cn3ccccc3n2)nc1C(=O)Nc1cnccc1N1CCCC(N)C1. The second kappa shape index (κ2) is 7.97. The number of nitrogens with zero attached hydrogens (tertiary/aromatic N) is 5. The molecule has 0 aromatic carbocycles. The van der Waals surface area contributed by atoms with Gasteiger partial charge in [-0.2, -0.15) is 0 Å². The fourth-order valence-electron chi connectivity index (χ4n) is 3.81. The van der Waals surface area contributed by atoms with Gasteiger partial charge in [0.15, 0.2) is 5.69 Å². The number of thiazole rings is 1. The molecule has 31 heavy (non-hydrogen) atoms. The first-order valence-electron chi connectivity index (χ1n) is 10.0. The van der Waals surface area contributed by atoms with E-state index in [0.29, 0.717) is 21.4 Å². The number of hydrogen-bond acceptors (Lipinski definition) is 8. The van der Waals surface area contributed by atoms with Crippen molar-refractivity contribution in [3.8, 4) is 10.7 Å². The molecule has 0 spiro atoms. The molecule has 1 aliphatic rings. The van der Waals surface area contributed by atoms with Crippen molar-refractivity contribution in [1.82, 2.24) is 19.4 Å². The Kier molecular flexibility index (Phi) is 5.00. The molecule has 5 heterocycles. The molecule has 1 saturated heterocycles. The normalized spacial score (nSPS) is 16.5. The minimum atomic E-state index is -0.376. The van der Waals surface area contributed by atoms with Crippen molar-refractivity contribution in [3.05, 3.63) is 54.7 Å². The summed E-state index contributed by atoms with van der Waals surface area (Å²) in [7, 11) is 0. The van der Waals surface area contributed by atoms with Gasteiger partial charge in [0.05, 0.1) is 17.6 Å². The molecule has 5 N–H and O–H groups in total. The second-order valence-electron chi connectivity index (χ2n) is 7.52. The number of nitrogen functional groups attached to an aromatic ring is 1. The Morgan fingerprint density at radius 3 is 3.00 bits per heavy atom. The van der Waals surface area contributed by atoms with E-state index in [9.17, 15) is 4.79 Å². The lowest BCUT2D eigenvalue weighted by Gasteiger charge is -2.33. The van der Waals surface area contributed by atoms with Gasteiger partial charge in [-0.3, -0.25) is 9.78 Å². The highest BCUT2D eigenvalue weighted by Crippen LogP contribution is 2.32. The number of aromatic nitrogens is 4. The lowest BCUT2D eigenvalue weighted by Crippen LogP contribution is -2.43. The van der Waals surface area contributed by atoms with Crippen molar-refractivity contribution in [2.24, 2.45) is 5.73 Å². The molecule has 4 aromatic heterocycles. The van der Waals surface area contributed by atoms with Gasteiger partial charge in [-0.15, -0.1) is 0 Å². The highest BCUT2D eigenvalue weighted by Gasteiger charge is 2.23. The molecule has 10 heteroatoms. The van der Waals surface area contributed by atoms with Gasteiger partial charge in [0.2, 0.25) is 0 Å². The van der Waals surface area contributed by atoms with Crippen LogP contribution in [0.1, 0.15) is 23.3 Å². The minimum Gasteiger partial charge on any atom is -0.389 e. The molecule has 1 unspecified atom stereocenters. The number of imidazole rings is 1. The van der Waals surface area contributed by atoms with E-state index >= 15 is 0 Å². The molecule has 9 nitrogen and oxygen atoms in total. The first kappa shape index (κ1) is 19.5. The van der Waals surface area contributed by atoms with Gasteiger partial charge < -0.3 is 26.1 Å². The van der Waals surface area contributed by atoms with Gasteiger partial charge in [0.25, 0.3) is 5.91 Å². The monoisotopic (exact) mass is 434 g/mol. The van der Waals surface area contributed by atoms with Crippen LogP contribution in [0, 0.1) is 0 Å². The summed E-state index contributed by atoms with van der Waals surface area (Å²) in [5.41, 5.74) is 15.4. The largest absolute Gasteiger partial charge is 0.389 e. The van der Waals surface area contributed by atoms with Gasteiger partial charge in [-0.25, -0.2) is 9.97 Å². The number of amides is 1. The zero-order valence-corrected chi connectivity index (χ0v) is 17.5. The van der Waals surface area contributed by atoms with E-state index in [1.807, 2.05) is 41.1 Å². The Balaban J connectivity index is 1.40. The number of carbonyl (C=O) groups excluding carboxylic acids is 1. The van der Waals surface area contributed by atoms with Crippen molar-refractivity contribution >= 4 is 39.3 Å². The summed E-state index contributed by atoms with van der Waals surface area (Å²) >= 11 is 1.24. The van der Waals surface area contributed by atoms with Gasteiger partial charge >= 0.3 is 0 Å². The maximum Gasteiger partial charge on any atom is 0.277 e. The van der Waals surface area contributed by atoms with Crippen molar-refractivity contribution in [1.29, 1.82) is 0 Å². The Morgan fingerprint density at radius 2 is 2.16 bits per heavy atom. The van der Waals surface area contributed by atoms with Crippen LogP contribution < -0.4 is 21.7 Å². The van der Waals surface area contributed by atoms with Crippen LogP contribution in [0.15, 0.2) is 49.1 Å². The highest BCUT2D eigenvalue weighted by molar-refractivity contribution is 7.19. The van der Waals surface area contributed by atoms with Crippen LogP contribution >= 0.6 is 11.3 Å². The molecule has 1 amide bonds. The van der Waals surface area contributed by atoms with E-state index < -0.39 is 0 Å². The van der Waals surface area contributed by atoms with Crippen LogP contribution in [-0.4, -0.2) is 44.4 Å². The molecule has 0 saturated carbocycles. The first-order chi connectivity index (χ1) is 15.1.